The smallest absolute Gasteiger partial charge is 0.328 e. The normalized spacial score (nSPS) is 14.9. The van der Waals surface area contributed by atoms with E-state index in [4.69, 9.17) is 21.1 Å². The van der Waals surface area contributed by atoms with Crippen LogP contribution in [0.4, 0.5) is 0 Å². The van der Waals surface area contributed by atoms with Crippen LogP contribution < -0.4 is 0 Å². The van der Waals surface area contributed by atoms with Crippen molar-refractivity contribution < 1.29 is 19.4 Å². The van der Waals surface area contributed by atoms with Gasteiger partial charge < -0.3 is 14.6 Å². The van der Waals surface area contributed by atoms with Gasteiger partial charge in [0.05, 0.1) is 11.3 Å². The van der Waals surface area contributed by atoms with E-state index in [0.29, 0.717) is 16.5 Å². The van der Waals surface area contributed by atoms with Gasteiger partial charge in [0.2, 0.25) is 0 Å². The number of carboxylic acids is 1. The Labute approximate surface area is 201 Å². The predicted molar refractivity (Wildman–Crippen MR) is 133 cm³/mol. The van der Waals surface area contributed by atoms with Crippen molar-refractivity contribution >= 4 is 45.8 Å². The molecule has 2 N–H and O–H groups in total. The van der Waals surface area contributed by atoms with Crippen LogP contribution in [0.3, 0.4) is 0 Å². The molecule has 1 fully saturated rings. The van der Waals surface area contributed by atoms with E-state index in [1.54, 1.807) is 36.9 Å². The Hall–Kier alpha value is -3.83. The molecular formula is C28H22ClNO4. The van der Waals surface area contributed by atoms with E-state index in [1.807, 2.05) is 36.4 Å². The molecule has 4 aromatic rings. The Morgan fingerprint density at radius 1 is 1.09 bits per heavy atom. The highest BCUT2D eigenvalue weighted by Gasteiger charge is 2.29. The summed E-state index contributed by atoms with van der Waals surface area (Å²) in [7, 11) is 0. The second-order valence-corrected chi connectivity index (χ2v) is 8.78. The molecule has 0 unspecified atom stereocenters. The Bertz CT molecular complexity index is 1430. The third kappa shape index (κ3) is 4.11. The fraction of sp³-hybridized carbons (Fsp3) is 0.143. The number of hydrogen-bond donors (Lipinski definition) is 2. The third-order valence-electron chi connectivity index (χ3n) is 6.31. The Morgan fingerprint density at radius 2 is 1.88 bits per heavy atom. The van der Waals surface area contributed by atoms with Crippen molar-refractivity contribution in [1.82, 2.24) is 4.98 Å². The zero-order valence-electron chi connectivity index (χ0n) is 18.2. The third-order valence-corrected chi connectivity index (χ3v) is 6.61. The summed E-state index contributed by atoms with van der Waals surface area (Å²) in [4.78, 5) is 15.1. The van der Waals surface area contributed by atoms with Crippen molar-refractivity contribution in [2.24, 2.45) is 5.92 Å². The number of carboxylic acid groups (broad SMARTS) is 1. The second-order valence-electron chi connectivity index (χ2n) is 8.37. The molecule has 170 valence electrons. The SMILES string of the molecule is O=C(O)C=Cc1ccc(C(=C(c2ccncc2Cl)C2CCC2)c2coc3c(O)cccc23)cc1. The van der Waals surface area contributed by atoms with Crippen molar-refractivity contribution in [2.45, 2.75) is 19.3 Å². The molecule has 5 nitrogen and oxygen atoms in total. The number of pyridine rings is 1. The number of nitrogens with zero attached hydrogens (tertiary/aromatic N) is 1. The molecule has 0 amide bonds. The summed E-state index contributed by atoms with van der Waals surface area (Å²) in [5.74, 6) is -0.581. The molecule has 0 saturated heterocycles. The summed E-state index contributed by atoms with van der Waals surface area (Å²) in [6.07, 6.45) is 11.0. The second kappa shape index (κ2) is 9.20. The van der Waals surface area contributed by atoms with Crippen molar-refractivity contribution in [3.63, 3.8) is 0 Å². The lowest BCUT2D eigenvalue weighted by atomic mass is 9.73. The number of aromatic nitrogens is 1. The maximum Gasteiger partial charge on any atom is 0.328 e. The van der Waals surface area contributed by atoms with Gasteiger partial charge in [-0.05, 0) is 59.2 Å². The van der Waals surface area contributed by atoms with E-state index >= 15 is 0 Å². The number of aromatic hydroxyl groups is 1. The summed E-state index contributed by atoms with van der Waals surface area (Å²) in [5, 5.41) is 20.7. The van der Waals surface area contributed by atoms with Gasteiger partial charge in [0, 0.05) is 35.0 Å². The minimum absolute atomic E-state index is 0.0874. The van der Waals surface area contributed by atoms with Crippen LogP contribution in [0, 0.1) is 5.92 Å². The van der Waals surface area contributed by atoms with Gasteiger partial charge in [0.15, 0.2) is 11.3 Å². The molecule has 1 aliphatic carbocycles. The number of para-hydroxylation sites is 1. The van der Waals surface area contributed by atoms with Crippen molar-refractivity contribution in [1.29, 1.82) is 0 Å². The topological polar surface area (TPSA) is 83.6 Å². The first-order valence-electron chi connectivity index (χ1n) is 11.1. The highest BCUT2D eigenvalue weighted by molar-refractivity contribution is 6.32. The first-order valence-corrected chi connectivity index (χ1v) is 11.5. The maximum atomic E-state index is 10.9. The monoisotopic (exact) mass is 471 g/mol. The van der Waals surface area contributed by atoms with E-state index in [-0.39, 0.29) is 5.75 Å². The molecule has 2 aromatic heterocycles. The lowest BCUT2D eigenvalue weighted by Crippen LogP contribution is -2.15. The van der Waals surface area contributed by atoms with Gasteiger partial charge in [0.1, 0.15) is 0 Å². The van der Waals surface area contributed by atoms with Crippen LogP contribution in [0.25, 0.3) is 28.2 Å². The number of halogens is 1. The molecule has 0 atom stereocenters. The quantitative estimate of drug-likeness (QED) is 0.294. The number of fused-ring (bicyclic) bond motifs is 1. The maximum absolute atomic E-state index is 10.9. The first kappa shape index (κ1) is 22.0. The fourth-order valence-corrected chi connectivity index (χ4v) is 4.69. The minimum Gasteiger partial charge on any atom is -0.504 e. The van der Waals surface area contributed by atoms with Gasteiger partial charge in [-0.2, -0.15) is 0 Å². The number of aliphatic carboxylic acids is 1. The zero-order chi connectivity index (χ0) is 23.7. The number of allylic oxidation sites excluding steroid dienone is 1. The molecule has 2 aromatic carbocycles. The van der Waals surface area contributed by atoms with Crippen molar-refractivity contribution in [3.05, 3.63) is 101 Å². The Kier molecular flexibility index (Phi) is 5.95. The van der Waals surface area contributed by atoms with E-state index in [1.165, 1.54) is 0 Å². The number of phenols is 1. The van der Waals surface area contributed by atoms with Crippen LogP contribution in [-0.2, 0) is 4.79 Å². The molecule has 1 saturated carbocycles. The average Bonchev–Trinajstić information content (AvgIpc) is 3.22. The summed E-state index contributed by atoms with van der Waals surface area (Å²) in [5.41, 5.74) is 6.08. The van der Waals surface area contributed by atoms with Crippen LogP contribution >= 0.6 is 11.6 Å². The van der Waals surface area contributed by atoms with Crippen LogP contribution in [-0.4, -0.2) is 21.2 Å². The first-order chi connectivity index (χ1) is 16.5. The number of hydrogen-bond acceptors (Lipinski definition) is 4. The molecule has 0 spiro atoms. The molecule has 2 heterocycles. The number of phenolic OH excluding ortho intramolecular Hbond substituents is 1. The minimum atomic E-state index is -0.992. The van der Waals surface area contributed by atoms with E-state index in [2.05, 4.69) is 4.98 Å². The average molecular weight is 472 g/mol. The molecule has 0 radical (unpaired) electrons. The van der Waals surface area contributed by atoms with E-state index in [0.717, 1.165) is 64.1 Å². The molecule has 0 aliphatic heterocycles. The molecule has 0 bridgehead atoms. The largest absolute Gasteiger partial charge is 0.504 e. The predicted octanol–water partition coefficient (Wildman–Crippen LogP) is 7.04. The van der Waals surface area contributed by atoms with Gasteiger partial charge >= 0.3 is 5.97 Å². The molecule has 6 heteroatoms. The van der Waals surface area contributed by atoms with Crippen molar-refractivity contribution in [3.8, 4) is 5.75 Å². The summed E-state index contributed by atoms with van der Waals surface area (Å²) in [6.45, 7) is 0. The fourth-order valence-electron chi connectivity index (χ4n) is 4.47. The van der Waals surface area contributed by atoms with Crippen molar-refractivity contribution in [2.75, 3.05) is 0 Å². The van der Waals surface area contributed by atoms with Gasteiger partial charge in [0.25, 0.3) is 0 Å². The molecule has 34 heavy (non-hydrogen) atoms. The van der Waals surface area contributed by atoms with Crippen LogP contribution in [0.5, 0.6) is 5.75 Å². The number of benzene rings is 2. The van der Waals surface area contributed by atoms with Gasteiger partial charge in [-0.25, -0.2) is 4.79 Å². The lowest BCUT2D eigenvalue weighted by Gasteiger charge is -2.31. The number of furan rings is 1. The van der Waals surface area contributed by atoms with Gasteiger partial charge in [-0.1, -0.05) is 54.4 Å². The van der Waals surface area contributed by atoms with E-state index < -0.39 is 5.97 Å². The van der Waals surface area contributed by atoms with E-state index in [9.17, 15) is 9.90 Å². The van der Waals surface area contributed by atoms with Gasteiger partial charge in [-0.3, -0.25) is 4.98 Å². The zero-order valence-corrected chi connectivity index (χ0v) is 19.0. The summed E-state index contributed by atoms with van der Waals surface area (Å²) >= 11 is 6.65. The van der Waals surface area contributed by atoms with Crippen LogP contribution in [0.2, 0.25) is 5.02 Å². The van der Waals surface area contributed by atoms with Crippen LogP contribution in [0.15, 0.2) is 77.7 Å². The molecule has 5 rings (SSSR count). The highest BCUT2D eigenvalue weighted by atomic mass is 35.5. The Balaban J connectivity index is 1.78. The summed E-state index contributed by atoms with van der Waals surface area (Å²) in [6, 6.07) is 15.0. The molecular weight excluding hydrogens is 450 g/mol. The lowest BCUT2D eigenvalue weighted by molar-refractivity contribution is -0.131. The number of carbonyl (C=O) groups is 1. The molecule has 1 aliphatic rings. The van der Waals surface area contributed by atoms with Gasteiger partial charge in [-0.15, -0.1) is 0 Å². The highest BCUT2D eigenvalue weighted by Crippen LogP contribution is 2.48. The summed E-state index contributed by atoms with van der Waals surface area (Å²) < 4.78 is 5.81. The Morgan fingerprint density at radius 3 is 2.56 bits per heavy atom. The van der Waals surface area contributed by atoms with Crippen LogP contribution in [0.1, 0.15) is 41.5 Å². The standard InChI is InChI=1S/C28H22ClNO4/c29-23-15-30-14-13-21(23)26(18-3-1-4-18)27(19-10-7-17(8-11-19)9-12-25(32)33)22-16-34-28-20(22)5-2-6-24(28)31/h2,5-16,18,31H,1,3-4H2,(H,32,33). The number of rotatable bonds is 6.